The lowest BCUT2D eigenvalue weighted by atomic mass is 9.82. The van der Waals surface area contributed by atoms with Crippen LogP contribution in [0.15, 0.2) is 24.3 Å². The number of anilines is 1. The molecule has 1 aromatic carbocycles. The van der Waals surface area contributed by atoms with E-state index in [0.29, 0.717) is 5.92 Å². The van der Waals surface area contributed by atoms with Gasteiger partial charge in [0.2, 0.25) is 10.0 Å². The van der Waals surface area contributed by atoms with Crippen LogP contribution in [0.3, 0.4) is 0 Å². The number of nitrogens with two attached hydrogens (primary N) is 1. The van der Waals surface area contributed by atoms with E-state index in [1.54, 1.807) is 0 Å². The highest BCUT2D eigenvalue weighted by molar-refractivity contribution is 7.88. The van der Waals surface area contributed by atoms with Crippen LogP contribution in [-0.2, 0) is 10.0 Å². The number of rotatable bonds is 3. The molecule has 0 aromatic heterocycles. The van der Waals surface area contributed by atoms with E-state index in [1.807, 2.05) is 12.1 Å². The molecule has 0 amide bonds. The molecular formula is C13H20N2O2S. The first-order valence-corrected chi connectivity index (χ1v) is 8.16. The second-order valence-corrected chi connectivity index (χ2v) is 6.89. The summed E-state index contributed by atoms with van der Waals surface area (Å²) in [4.78, 5) is 0. The minimum Gasteiger partial charge on any atom is -0.399 e. The van der Waals surface area contributed by atoms with Gasteiger partial charge in [-0.05, 0) is 49.3 Å². The molecule has 3 N–H and O–H groups in total. The zero-order chi connectivity index (χ0) is 13.2. The molecule has 0 heterocycles. The van der Waals surface area contributed by atoms with Crippen LogP contribution in [0.25, 0.3) is 0 Å². The summed E-state index contributed by atoms with van der Waals surface area (Å²) in [5.41, 5.74) is 7.76. The predicted octanol–water partition coefficient (Wildman–Crippen LogP) is 1.84. The quantitative estimate of drug-likeness (QED) is 0.822. The van der Waals surface area contributed by atoms with Crippen LogP contribution in [0, 0.1) is 0 Å². The van der Waals surface area contributed by atoms with Crippen LogP contribution in [0.2, 0.25) is 0 Å². The highest BCUT2D eigenvalue weighted by atomic mass is 32.2. The Balaban J connectivity index is 1.92. The molecule has 0 atom stereocenters. The van der Waals surface area contributed by atoms with Crippen molar-refractivity contribution in [3.63, 3.8) is 0 Å². The Hall–Kier alpha value is -1.07. The Kier molecular flexibility index (Phi) is 3.92. The summed E-state index contributed by atoms with van der Waals surface area (Å²) in [5, 5.41) is 0. The molecule has 1 aliphatic carbocycles. The summed E-state index contributed by atoms with van der Waals surface area (Å²) < 4.78 is 25.0. The molecular weight excluding hydrogens is 248 g/mol. The Morgan fingerprint density at radius 1 is 1.11 bits per heavy atom. The van der Waals surface area contributed by atoms with Crippen LogP contribution in [-0.4, -0.2) is 20.7 Å². The molecule has 100 valence electrons. The van der Waals surface area contributed by atoms with Crippen molar-refractivity contribution in [2.75, 3.05) is 12.0 Å². The Morgan fingerprint density at radius 3 is 2.17 bits per heavy atom. The topological polar surface area (TPSA) is 72.2 Å². The highest BCUT2D eigenvalue weighted by Gasteiger charge is 2.23. The summed E-state index contributed by atoms with van der Waals surface area (Å²) in [6, 6.07) is 8.10. The first kappa shape index (κ1) is 13.4. The third kappa shape index (κ3) is 3.71. The first-order valence-electron chi connectivity index (χ1n) is 6.27. The predicted molar refractivity (Wildman–Crippen MR) is 73.8 cm³/mol. The van der Waals surface area contributed by atoms with Gasteiger partial charge in [-0.25, -0.2) is 13.1 Å². The van der Waals surface area contributed by atoms with Crippen LogP contribution >= 0.6 is 0 Å². The van der Waals surface area contributed by atoms with Crippen molar-refractivity contribution in [1.29, 1.82) is 0 Å². The lowest BCUT2D eigenvalue weighted by molar-refractivity contribution is 0.374. The second-order valence-electron chi connectivity index (χ2n) is 5.11. The molecule has 0 spiro atoms. The van der Waals surface area contributed by atoms with E-state index in [1.165, 1.54) is 11.8 Å². The molecule has 2 rings (SSSR count). The van der Waals surface area contributed by atoms with E-state index in [4.69, 9.17) is 5.73 Å². The minimum absolute atomic E-state index is 0.102. The normalized spacial score (nSPS) is 24.9. The average molecular weight is 268 g/mol. The van der Waals surface area contributed by atoms with Crippen molar-refractivity contribution in [2.45, 2.75) is 37.6 Å². The number of nitrogens with one attached hydrogen (secondary N) is 1. The van der Waals surface area contributed by atoms with Gasteiger partial charge in [0, 0.05) is 11.7 Å². The summed E-state index contributed by atoms with van der Waals surface area (Å²) in [7, 11) is -3.08. The van der Waals surface area contributed by atoms with E-state index < -0.39 is 10.0 Å². The number of hydrogen-bond acceptors (Lipinski definition) is 3. The smallest absolute Gasteiger partial charge is 0.208 e. The SMILES string of the molecule is CS(=O)(=O)N[C@H]1CC[C@H](c2ccc(N)cc2)CC1. The third-order valence-electron chi connectivity index (χ3n) is 3.52. The van der Waals surface area contributed by atoms with Crippen molar-refractivity contribution < 1.29 is 8.42 Å². The lowest BCUT2D eigenvalue weighted by Crippen LogP contribution is -2.36. The fourth-order valence-corrected chi connectivity index (χ4v) is 3.46. The van der Waals surface area contributed by atoms with Gasteiger partial charge in [0.25, 0.3) is 0 Å². The van der Waals surface area contributed by atoms with Gasteiger partial charge in [0.05, 0.1) is 6.26 Å². The zero-order valence-electron chi connectivity index (χ0n) is 10.6. The largest absolute Gasteiger partial charge is 0.399 e. The van der Waals surface area contributed by atoms with Crippen LogP contribution < -0.4 is 10.5 Å². The summed E-state index contributed by atoms with van der Waals surface area (Å²) in [5.74, 6) is 0.531. The summed E-state index contributed by atoms with van der Waals surface area (Å²) in [6.45, 7) is 0. The number of sulfonamides is 1. The molecule has 1 aliphatic rings. The minimum atomic E-state index is -3.08. The molecule has 4 nitrogen and oxygen atoms in total. The monoisotopic (exact) mass is 268 g/mol. The molecule has 0 unspecified atom stereocenters. The molecule has 1 saturated carbocycles. The Bertz CT molecular complexity index is 488. The molecule has 1 aromatic rings. The van der Waals surface area contributed by atoms with E-state index in [0.717, 1.165) is 31.4 Å². The molecule has 18 heavy (non-hydrogen) atoms. The molecule has 0 radical (unpaired) electrons. The maximum Gasteiger partial charge on any atom is 0.208 e. The maximum atomic E-state index is 11.2. The molecule has 1 fully saturated rings. The average Bonchev–Trinajstić information content (AvgIpc) is 2.29. The van der Waals surface area contributed by atoms with Crippen LogP contribution in [0.5, 0.6) is 0 Å². The van der Waals surface area contributed by atoms with Crippen molar-refractivity contribution in [3.8, 4) is 0 Å². The first-order chi connectivity index (χ1) is 8.44. The Morgan fingerprint density at radius 2 is 1.67 bits per heavy atom. The van der Waals surface area contributed by atoms with Gasteiger partial charge in [-0.15, -0.1) is 0 Å². The number of benzene rings is 1. The summed E-state index contributed by atoms with van der Waals surface area (Å²) >= 11 is 0. The molecule has 0 bridgehead atoms. The van der Waals surface area contributed by atoms with Crippen molar-refractivity contribution in [3.05, 3.63) is 29.8 Å². The fraction of sp³-hybridized carbons (Fsp3) is 0.538. The van der Waals surface area contributed by atoms with E-state index >= 15 is 0 Å². The fourth-order valence-electron chi connectivity index (χ4n) is 2.62. The number of hydrogen-bond donors (Lipinski definition) is 2. The molecule has 5 heteroatoms. The van der Waals surface area contributed by atoms with Crippen LogP contribution in [0.1, 0.15) is 37.2 Å². The van der Waals surface area contributed by atoms with Gasteiger partial charge in [0.15, 0.2) is 0 Å². The van der Waals surface area contributed by atoms with Gasteiger partial charge < -0.3 is 5.73 Å². The molecule has 0 aliphatic heterocycles. The van der Waals surface area contributed by atoms with Crippen molar-refractivity contribution >= 4 is 15.7 Å². The lowest BCUT2D eigenvalue weighted by Gasteiger charge is -2.28. The second kappa shape index (κ2) is 5.28. The third-order valence-corrected chi connectivity index (χ3v) is 4.28. The van der Waals surface area contributed by atoms with Crippen LogP contribution in [0.4, 0.5) is 5.69 Å². The zero-order valence-corrected chi connectivity index (χ0v) is 11.4. The van der Waals surface area contributed by atoms with Gasteiger partial charge in [-0.3, -0.25) is 0 Å². The standard InChI is InChI=1S/C13H20N2O2S/c1-18(16,17)15-13-8-4-11(5-9-13)10-2-6-12(14)7-3-10/h2-3,6-7,11,13,15H,4-5,8-9,14H2,1H3/t11-,13-. The van der Waals surface area contributed by atoms with E-state index in [9.17, 15) is 8.42 Å². The van der Waals surface area contributed by atoms with Crippen molar-refractivity contribution in [2.24, 2.45) is 0 Å². The van der Waals surface area contributed by atoms with E-state index in [-0.39, 0.29) is 6.04 Å². The van der Waals surface area contributed by atoms with Crippen molar-refractivity contribution in [1.82, 2.24) is 4.72 Å². The van der Waals surface area contributed by atoms with Gasteiger partial charge in [-0.1, -0.05) is 12.1 Å². The Labute approximate surface area is 109 Å². The van der Waals surface area contributed by atoms with Gasteiger partial charge in [0.1, 0.15) is 0 Å². The highest BCUT2D eigenvalue weighted by Crippen LogP contribution is 2.33. The van der Waals surface area contributed by atoms with Gasteiger partial charge in [-0.2, -0.15) is 0 Å². The summed E-state index contributed by atoms with van der Waals surface area (Å²) in [6.07, 6.45) is 5.08. The van der Waals surface area contributed by atoms with E-state index in [2.05, 4.69) is 16.9 Å². The maximum absolute atomic E-state index is 11.2. The number of nitrogen functional groups attached to an aromatic ring is 1. The molecule has 0 saturated heterocycles. The van der Waals surface area contributed by atoms with Gasteiger partial charge >= 0.3 is 0 Å².